The third-order valence-electron chi connectivity index (χ3n) is 5.59. The molecule has 1 fully saturated rings. The molecular formula is C25H28O11. The Morgan fingerprint density at radius 1 is 1.03 bits per heavy atom. The summed E-state index contributed by atoms with van der Waals surface area (Å²) in [5, 5.41) is 69.3. The standard InChI is InChI=1S/C25H28O11/c1-34-24-16(28)9-5-14(6-11-19(29)30)20(24)17(10-4-13-2-7-15(27)8-3-13)35-25-23(33)22(32)21(31)18(12-26)36-25/h2-11,17-18,21-23,25-28,31-33H,12H2,1H3,(H,29,30)/b10-4+,11-6-/t17-,18-,21-,22+,23-,25-/m1/s1. The summed E-state index contributed by atoms with van der Waals surface area (Å²) in [7, 11) is 1.29. The highest BCUT2D eigenvalue weighted by molar-refractivity contribution is 5.86. The lowest BCUT2D eigenvalue weighted by Crippen LogP contribution is -2.59. The molecule has 11 heteroatoms. The van der Waals surface area contributed by atoms with Crippen molar-refractivity contribution in [2.45, 2.75) is 36.8 Å². The van der Waals surface area contributed by atoms with Crippen molar-refractivity contribution < 1.29 is 54.8 Å². The molecule has 0 radical (unpaired) electrons. The molecule has 0 amide bonds. The summed E-state index contributed by atoms with van der Waals surface area (Å²) in [5.74, 6) is -1.50. The zero-order valence-electron chi connectivity index (χ0n) is 19.2. The van der Waals surface area contributed by atoms with Crippen molar-refractivity contribution >= 4 is 18.1 Å². The van der Waals surface area contributed by atoms with E-state index in [1.165, 1.54) is 43.5 Å². The fourth-order valence-electron chi connectivity index (χ4n) is 3.74. The van der Waals surface area contributed by atoms with Gasteiger partial charge in [0, 0.05) is 11.6 Å². The number of phenols is 2. The summed E-state index contributed by atoms with van der Waals surface area (Å²) >= 11 is 0. The van der Waals surface area contributed by atoms with E-state index in [4.69, 9.17) is 19.3 Å². The van der Waals surface area contributed by atoms with Crippen LogP contribution in [0.1, 0.15) is 22.8 Å². The second-order valence-corrected chi connectivity index (χ2v) is 8.00. The lowest BCUT2D eigenvalue weighted by molar-refractivity contribution is -0.308. The number of aliphatic hydroxyl groups excluding tert-OH is 4. The van der Waals surface area contributed by atoms with Crippen LogP contribution in [0.4, 0.5) is 0 Å². The van der Waals surface area contributed by atoms with Crippen molar-refractivity contribution in [3.63, 3.8) is 0 Å². The Balaban J connectivity index is 2.10. The van der Waals surface area contributed by atoms with Gasteiger partial charge in [-0.25, -0.2) is 4.79 Å². The number of carbonyl (C=O) groups is 1. The first kappa shape index (κ1) is 27.1. The first-order valence-electron chi connectivity index (χ1n) is 10.9. The van der Waals surface area contributed by atoms with Gasteiger partial charge in [0.15, 0.2) is 17.8 Å². The average molecular weight is 504 g/mol. The van der Waals surface area contributed by atoms with E-state index in [1.54, 1.807) is 18.2 Å². The van der Waals surface area contributed by atoms with Crippen LogP contribution in [0.2, 0.25) is 0 Å². The van der Waals surface area contributed by atoms with Crippen LogP contribution < -0.4 is 4.74 Å². The van der Waals surface area contributed by atoms with Gasteiger partial charge in [-0.1, -0.05) is 30.4 Å². The third-order valence-corrected chi connectivity index (χ3v) is 5.59. The summed E-state index contributed by atoms with van der Waals surface area (Å²) in [6, 6.07) is 8.89. The molecule has 0 aromatic heterocycles. The zero-order chi connectivity index (χ0) is 26.4. The fourth-order valence-corrected chi connectivity index (χ4v) is 3.74. The topological polar surface area (TPSA) is 186 Å². The molecule has 0 aliphatic carbocycles. The summed E-state index contributed by atoms with van der Waals surface area (Å²) in [6.07, 6.45) is -3.71. The number of aliphatic hydroxyl groups is 4. The van der Waals surface area contributed by atoms with Gasteiger partial charge in [-0.05, 0) is 35.4 Å². The van der Waals surface area contributed by atoms with Gasteiger partial charge < -0.3 is 50.0 Å². The van der Waals surface area contributed by atoms with Gasteiger partial charge >= 0.3 is 5.97 Å². The predicted octanol–water partition coefficient (Wildman–Crippen LogP) is 0.775. The van der Waals surface area contributed by atoms with Crippen molar-refractivity contribution in [3.8, 4) is 17.2 Å². The summed E-state index contributed by atoms with van der Waals surface area (Å²) in [5.41, 5.74) is 1.09. The maximum Gasteiger partial charge on any atom is 0.328 e. The van der Waals surface area contributed by atoms with Crippen molar-refractivity contribution in [1.29, 1.82) is 0 Å². The second kappa shape index (κ2) is 12.0. The number of rotatable bonds is 9. The Bertz CT molecular complexity index is 1090. The van der Waals surface area contributed by atoms with Crippen LogP contribution in [-0.4, -0.2) is 86.1 Å². The van der Waals surface area contributed by atoms with Gasteiger partial charge in [0.05, 0.1) is 13.7 Å². The molecule has 0 spiro atoms. The van der Waals surface area contributed by atoms with Crippen LogP contribution in [0.5, 0.6) is 17.2 Å². The second-order valence-electron chi connectivity index (χ2n) is 8.00. The van der Waals surface area contributed by atoms with E-state index >= 15 is 0 Å². The lowest BCUT2D eigenvalue weighted by atomic mass is 9.97. The molecule has 7 N–H and O–H groups in total. The molecule has 0 saturated carbocycles. The third kappa shape index (κ3) is 6.21. The molecule has 1 aliphatic rings. The molecule has 2 aromatic rings. The average Bonchev–Trinajstić information content (AvgIpc) is 2.86. The van der Waals surface area contributed by atoms with E-state index < -0.39 is 49.4 Å². The molecule has 2 aromatic carbocycles. The molecule has 0 unspecified atom stereocenters. The molecular weight excluding hydrogens is 476 g/mol. The van der Waals surface area contributed by atoms with E-state index in [9.17, 15) is 35.4 Å². The minimum Gasteiger partial charge on any atom is -0.508 e. The van der Waals surface area contributed by atoms with Gasteiger partial charge in [-0.15, -0.1) is 0 Å². The monoisotopic (exact) mass is 504 g/mol. The fraction of sp³-hybridized carbons (Fsp3) is 0.320. The van der Waals surface area contributed by atoms with E-state index in [1.807, 2.05) is 0 Å². The number of carboxylic acid groups (broad SMARTS) is 1. The van der Waals surface area contributed by atoms with Gasteiger partial charge in [0.25, 0.3) is 0 Å². The van der Waals surface area contributed by atoms with Crippen LogP contribution in [0.3, 0.4) is 0 Å². The molecule has 6 atom stereocenters. The van der Waals surface area contributed by atoms with E-state index in [0.29, 0.717) is 5.56 Å². The van der Waals surface area contributed by atoms with Crippen LogP contribution in [0.25, 0.3) is 12.2 Å². The smallest absolute Gasteiger partial charge is 0.328 e. The molecule has 3 rings (SSSR count). The highest BCUT2D eigenvalue weighted by Crippen LogP contribution is 2.41. The molecule has 1 heterocycles. The number of phenolic OH excluding ortho intramolecular Hbond substituents is 2. The number of methoxy groups -OCH3 is 1. The number of aromatic hydroxyl groups is 2. The van der Waals surface area contributed by atoms with Crippen LogP contribution in [-0.2, 0) is 14.3 Å². The van der Waals surface area contributed by atoms with Crippen molar-refractivity contribution in [2.75, 3.05) is 13.7 Å². The lowest BCUT2D eigenvalue weighted by Gasteiger charge is -2.40. The van der Waals surface area contributed by atoms with Gasteiger partial charge in [-0.2, -0.15) is 0 Å². The van der Waals surface area contributed by atoms with Crippen LogP contribution in [0, 0.1) is 0 Å². The van der Waals surface area contributed by atoms with Crippen molar-refractivity contribution in [3.05, 3.63) is 65.2 Å². The van der Waals surface area contributed by atoms with Gasteiger partial charge in [-0.3, -0.25) is 0 Å². The summed E-state index contributed by atoms with van der Waals surface area (Å²) in [4.78, 5) is 11.1. The first-order valence-corrected chi connectivity index (χ1v) is 10.9. The Kier molecular flexibility index (Phi) is 9.04. The van der Waals surface area contributed by atoms with Gasteiger partial charge in [0.2, 0.25) is 0 Å². The number of hydrogen-bond acceptors (Lipinski definition) is 10. The maximum atomic E-state index is 11.1. The number of ether oxygens (including phenoxy) is 3. The Morgan fingerprint density at radius 3 is 2.33 bits per heavy atom. The minimum atomic E-state index is -1.71. The number of benzene rings is 2. The van der Waals surface area contributed by atoms with E-state index in [-0.39, 0.29) is 28.4 Å². The van der Waals surface area contributed by atoms with E-state index in [2.05, 4.69) is 0 Å². The van der Waals surface area contributed by atoms with Crippen LogP contribution >= 0.6 is 0 Å². The Hall–Kier alpha value is -3.45. The zero-order valence-corrected chi connectivity index (χ0v) is 19.2. The summed E-state index contributed by atoms with van der Waals surface area (Å²) in [6.45, 7) is -0.666. The molecule has 0 bridgehead atoms. The Labute approximate surface area is 206 Å². The number of hydrogen-bond donors (Lipinski definition) is 7. The predicted molar refractivity (Wildman–Crippen MR) is 126 cm³/mol. The first-order chi connectivity index (χ1) is 17.2. The highest BCUT2D eigenvalue weighted by atomic mass is 16.7. The van der Waals surface area contributed by atoms with Gasteiger partial charge in [0.1, 0.15) is 36.3 Å². The normalized spacial score (nSPS) is 25.3. The van der Waals surface area contributed by atoms with E-state index in [0.717, 1.165) is 6.08 Å². The molecule has 36 heavy (non-hydrogen) atoms. The summed E-state index contributed by atoms with van der Waals surface area (Å²) < 4.78 is 16.8. The molecule has 1 saturated heterocycles. The minimum absolute atomic E-state index is 0.0486. The largest absolute Gasteiger partial charge is 0.508 e. The van der Waals surface area contributed by atoms with Crippen molar-refractivity contribution in [2.24, 2.45) is 0 Å². The highest BCUT2D eigenvalue weighted by Gasteiger charge is 2.45. The number of carboxylic acids is 1. The quantitative estimate of drug-likeness (QED) is 0.239. The maximum absolute atomic E-state index is 11.1. The molecule has 194 valence electrons. The molecule has 11 nitrogen and oxygen atoms in total. The molecule has 1 aliphatic heterocycles. The SMILES string of the molecule is COc1c(O)ccc(/C=C\C(=O)O)c1[C@@H](/C=C/c1ccc(O)cc1)O[C@@H]1O[C@H](CO)[C@@H](O)[C@H](O)[C@H]1O. The van der Waals surface area contributed by atoms with Crippen molar-refractivity contribution in [1.82, 2.24) is 0 Å². The van der Waals surface area contributed by atoms with Crippen LogP contribution in [0.15, 0.2) is 48.6 Å². The number of aliphatic carboxylic acids is 1. The Morgan fingerprint density at radius 2 is 1.72 bits per heavy atom.